The molecule has 3 aliphatic heterocycles. The number of hydrogen-bond donors (Lipinski definition) is 1. The largest absolute Gasteiger partial charge is 0.423 e. The number of rotatable bonds is 3. The van der Waals surface area contributed by atoms with E-state index in [4.69, 9.17) is 9.47 Å². The highest BCUT2D eigenvalue weighted by Crippen LogP contribution is 2.54. The Hall–Kier alpha value is -3.75. The molecule has 8 heteroatoms. The van der Waals surface area contributed by atoms with Crippen LogP contribution in [0.1, 0.15) is 24.0 Å². The van der Waals surface area contributed by atoms with Gasteiger partial charge in [-0.05, 0) is 42.9 Å². The molecule has 3 aromatic rings. The fraction of sp³-hybridized carbons (Fsp3) is 0.241. The molecule has 37 heavy (non-hydrogen) atoms. The maximum atomic E-state index is 12.7. The van der Waals surface area contributed by atoms with Crippen molar-refractivity contribution in [3.05, 3.63) is 77.9 Å². The zero-order valence-corrected chi connectivity index (χ0v) is 21.5. The van der Waals surface area contributed by atoms with Crippen LogP contribution in [-0.2, 0) is 9.59 Å². The number of carbonyl (C=O) groups excluding carboxylic acids is 2. The van der Waals surface area contributed by atoms with E-state index in [1.165, 1.54) is 5.69 Å². The van der Waals surface area contributed by atoms with Crippen LogP contribution >= 0.6 is 11.8 Å². The number of piperazine rings is 1. The summed E-state index contributed by atoms with van der Waals surface area (Å²) in [5, 5.41) is 3.45. The predicted molar refractivity (Wildman–Crippen MR) is 144 cm³/mol. The third-order valence-corrected chi connectivity index (χ3v) is 8.19. The van der Waals surface area contributed by atoms with Gasteiger partial charge in [-0.1, -0.05) is 43.0 Å². The van der Waals surface area contributed by atoms with E-state index < -0.39 is 11.9 Å². The van der Waals surface area contributed by atoms with Crippen LogP contribution < -0.4 is 19.7 Å². The summed E-state index contributed by atoms with van der Waals surface area (Å²) >= 11 is 1.55. The van der Waals surface area contributed by atoms with Crippen LogP contribution in [0.5, 0.6) is 11.5 Å². The first-order valence-electron chi connectivity index (χ1n) is 12.4. The van der Waals surface area contributed by atoms with Crippen molar-refractivity contribution in [3.63, 3.8) is 0 Å². The number of likely N-dealkylation sites (N-methyl/N-ethyl adjacent to an activating group) is 1. The summed E-state index contributed by atoms with van der Waals surface area (Å²) in [6.45, 7) is 6.11. The van der Waals surface area contributed by atoms with Crippen LogP contribution in [0.2, 0.25) is 0 Å². The average molecular weight is 514 g/mol. The van der Waals surface area contributed by atoms with Gasteiger partial charge in [0.05, 0.1) is 11.4 Å². The third kappa shape index (κ3) is 4.58. The Morgan fingerprint density at radius 2 is 1.59 bits per heavy atom. The summed E-state index contributed by atoms with van der Waals surface area (Å²) < 4.78 is 11.7. The highest BCUT2D eigenvalue weighted by molar-refractivity contribution is 7.99. The topological polar surface area (TPSA) is 71.1 Å². The number of anilines is 3. The van der Waals surface area contributed by atoms with E-state index in [0.29, 0.717) is 22.7 Å². The van der Waals surface area contributed by atoms with Gasteiger partial charge >= 0.3 is 11.9 Å². The number of nitrogens with one attached hydrogen (secondary N) is 1. The molecule has 0 spiro atoms. The molecule has 7 nitrogen and oxygen atoms in total. The molecule has 188 valence electrons. The minimum Gasteiger partial charge on any atom is -0.423 e. The fourth-order valence-corrected chi connectivity index (χ4v) is 5.98. The first kappa shape index (κ1) is 23.6. The van der Waals surface area contributed by atoms with Gasteiger partial charge in [0.15, 0.2) is 5.75 Å². The second-order valence-electron chi connectivity index (χ2n) is 9.49. The Balaban J connectivity index is 1.42. The number of nitrogens with zero attached hydrogens (tertiary/aromatic N) is 2. The molecule has 0 radical (unpaired) electrons. The number of benzene rings is 3. The zero-order chi connectivity index (χ0) is 25.5. The van der Waals surface area contributed by atoms with E-state index in [1.807, 2.05) is 37.3 Å². The molecule has 1 unspecified atom stereocenters. The van der Waals surface area contributed by atoms with Gasteiger partial charge in [-0.25, -0.2) is 9.59 Å². The molecule has 2 bridgehead atoms. The van der Waals surface area contributed by atoms with E-state index in [1.54, 1.807) is 11.8 Å². The lowest BCUT2D eigenvalue weighted by Crippen LogP contribution is -2.44. The zero-order valence-electron chi connectivity index (χ0n) is 20.7. The van der Waals surface area contributed by atoms with Gasteiger partial charge in [0.2, 0.25) is 0 Å². The molecule has 1 fully saturated rings. The molecule has 3 aromatic carbocycles. The standard InChI is InChI=1S/C29H27N3O4S/c1-18(19-7-9-20(10-8-19)32-15-13-31(2)14-16-32)27-22-17-24-28(30-21-5-3-4-6-23(21)37-24)29(27)36-26(34)12-11-25(33)35-22/h3-12,17-18,30H,13-16H2,1-2H3/b12-11+. The lowest BCUT2D eigenvalue weighted by molar-refractivity contribution is -0.131. The molecule has 6 rings (SSSR count). The van der Waals surface area contributed by atoms with Crippen LogP contribution in [-0.4, -0.2) is 50.1 Å². The number of para-hydroxylation sites is 1. The van der Waals surface area contributed by atoms with Crippen molar-refractivity contribution in [2.24, 2.45) is 0 Å². The van der Waals surface area contributed by atoms with Crippen molar-refractivity contribution >= 4 is 40.8 Å². The van der Waals surface area contributed by atoms with Crippen molar-refractivity contribution in [2.45, 2.75) is 22.6 Å². The molecule has 3 aliphatic rings. The third-order valence-electron chi connectivity index (χ3n) is 7.08. The van der Waals surface area contributed by atoms with E-state index in [-0.39, 0.29) is 5.92 Å². The van der Waals surface area contributed by atoms with Crippen LogP contribution in [0.4, 0.5) is 17.1 Å². The van der Waals surface area contributed by atoms with Crippen LogP contribution in [0.15, 0.2) is 76.5 Å². The van der Waals surface area contributed by atoms with Crippen LogP contribution in [0, 0.1) is 0 Å². The van der Waals surface area contributed by atoms with Crippen molar-refractivity contribution in [1.29, 1.82) is 0 Å². The second kappa shape index (κ2) is 9.61. The Bertz CT molecular complexity index is 1410. The average Bonchev–Trinajstić information content (AvgIpc) is 2.95. The van der Waals surface area contributed by atoms with Gasteiger partial charge in [0.1, 0.15) is 5.75 Å². The van der Waals surface area contributed by atoms with Gasteiger partial charge in [0, 0.05) is 65.3 Å². The fourth-order valence-electron chi connectivity index (χ4n) is 4.96. The molecular formula is C29H27N3O4S. The highest BCUT2D eigenvalue weighted by atomic mass is 32.2. The Kier molecular flexibility index (Phi) is 6.14. The summed E-state index contributed by atoms with van der Waals surface area (Å²) in [4.78, 5) is 31.8. The molecule has 0 aromatic heterocycles. The monoisotopic (exact) mass is 513 g/mol. The number of esters is 2. The lowest BCUT2D eigenvalue weighted by atomic mass is 9.90. The van der Waals surface area contributed by atoms with E-state index in [0.717, 1.165) is 59.4 Å². The van der Waals surface area contributed by atoms with Gasteiger partial charge in [0.25, 0.3) is 0 Å². The predicted octanol–water partition coefficient (Wildman–Crippen LogP) is 5.18. The van der Waals surface area contributed by atoms with Crippen molar-refractivity contribution < 1.29 is 19.1 Å². The smallest absolute Gasteiger partial charge is 0.336 e. The summed E-state index contributed by atoms with van der Waals surface area (Å²) in [5.74, 6) is -0.670. The second-order valence-corrected chi connectivity index (χ2v) is 10.6. The van der Waals surface area contributed by atoms with Crippen molar-refractivity contribution in [2.75, 3.05) is 43.4 Å². The number of hydrogen-bond acceptors (Lipinski definition) is 8. The number of fused-ring (bicyclic) bond motifs is 5. The van der Waals surface area contributed by atoms with E-state index in [2.05, 4.69) is 46.4 Å². The summed E-state index contributed by atoms with van der Waals surface area (Å²) in [5.41, 5.74) is 4.50. The first-order chi connectivity index (χ1) is 18.0. The van der Waals surface area contributed by atoms with Gasteiger partial charge < -0.3 is 24.6 Å². The van der Waals surface area contributed by atoms with E-state index in [9.17, 15) is 9.59 Å². The first-order valence-corrected chi connectivity index (χ1v) is 13.2. The number of carbonyl (C=O) groups is 2. The maximum absolute atomic E-state index is 12.7. The Morgan fingerprint density at radius 3 is 2.35 bits per heavy atom. The van der Waals surface area contributed by atoms with Gasteiger partial charge in [-0.3, -0.25) is 0 Å². The number of ether oxygens (including phenoxy) is 2. The summed E-state index contributed by atoms with van der Waals surface area (Å²) in [6, 6.07) is 18.3. The summed E-state index contributed by atoms with van der Waals surface area (Å²) in [6.07, 6.45) is 2.21. The van der Waals surface area contributed by atoms with Gasteiger partial charge in [-0.15, -0.1) is 0 Å². The Labute approximate surface area is 220 Å². The molecular weight excluding hydrogens is 486 g/mol. The normalized spacial score (nSPS) is 18.7. The molecule has 1 atom stereocenters. The maximum Gasteiger partial charge on any atom is 0.336 e. The van der Waals surface area contributed by atoms with Gasteiger partial charge in [-0.2, -0.15) is 0 Å². The SMILES string of the molecule is CC(c1ccc(N2CCN(C)CC2)cc1)c1c2cc3c(c1OC(=O)/C=C/C(=O)O2)Nc1ccccc1S3. The highest BCUT2D eigenvalue weighted by Gasteiger charge is 2.31. The minimum atomic E-state index is -0.622. The summed E-state index contributed by atoms with van der Waals surface area (Å²) in [7, 11) is 2.15. The quantitative estimate of drug-likeness (QED) is 0.297. The minimum absolute atomic E-state index is 0.209. The molecule has 0 amide bonds. The van der Waals surface area contributed by atoms with Crippen LogP contribution in [0.3, 0.4) is 0 Å². The molecule has 1 saturated heterocycles. The lowest BCUT2D eigenvalue weighted by Gasteiger charge is -2.34. The molecule has 1 N–H and O–H groups in total. The molecule has 0 aliphatic carbocycles. The van der Waals surface area contributed by atoms with E-state index >= 15 is 0 Å². The molecule has 0 saturated carbocycles. The van der Waals surface area contributed by atoms with Crippen molar-refractivity contribution in [3.8, 4) is 11.5 Å². The van der Waals surface area contributed by atoms with Crippen LogP contribution in [0.25, 0.3) is 0 Å². The molecule has 3 heterocycles. The van der Waals surface area contributed by atoms with Crippen molar-refractivity contribution in [1.82, 2.24) is 4.90 Å². The Morgan fingerprint density at radius 1 is 0.892 bits per heavy atom.